The summed E-state index contributed by atoms with van der Waals surface area (Å²) < 4.78 is 48.9. The van der Waals surface area contributed by atoms with Gasteiger partial charge in [0.25, 0.3) is 0 Å². The third-order valence-corrected chi connectivity index (χ3v) is 3.53. The van der Waals surface area contributed by atoms with Gasteiger partial charge in [-0.1, -0.05) is 6.07 Å². The largest absolute Gasteiger partial charge is 0.461 e. The number of hydrogen-bond donors (Lipinski definition) is 0. The molecule has 0 radical (unpaired) electrons. The predicted octanol–water partition coefficient (Wildman–Crippen LogP) is 3.20. The molecule has 0 spiro atoms. The molecule has 0 aromatic heterocycles. The van der Waals surface area contributed by atoms with Crippen molar-refractivity contribution in [2.24, 2.45) is 5.10 Å². The van der Waals surface area contributed by atoms with E-state index in [1.807, 2.05) is 0 Å². The second-order valence-electron chi connectivity index (χ2n) is 5.18. The molecule has 23 heavy (non-hydrogen) atoms. The van der Waals surface area contributed by atoms with E-state index in [-0.39, 0.29) is 24.4 Å². The molecule has 0 fully saturated rings. The summed E-state index contributed by atoms with van der Waals surface area (Å²) in [5, 5.41) is 5.38. The molecule has 1 aromatic rings. The molecule has 1 aliphatic rings. The molecule has 1 atom stereocenters. The number of carbonyl (C=O) groups is 1. The number of hydrogen-bond acceptors (Lipinski definition) is 5. The van der Waals surface area contributed by atoms with Gasteiger partial charge in [-0.15, -0.1) is 0 Å². The average Bonchev–Trinajstić information content (AvgIpc) is 2.85. The maximum Gasteiger partial charge on any atom is 0.416 e. The number of benzene rings is 1. The molecule has 8 heteroatoms. The second kappa shape index (κ2) is 6.19. The van der Waals surface area contributed by atoms with Crippen LogP contribution in [0.1, 0.15) is 25.8 Å². The molecule has 0 saturated carbocycles. The van der Waals surface area contributed by atoms with E-state index in [0.717, 1.165) is 12.1 Å². The Kier molecular flexibility index (Phi) is 4.65. The number of ether oxygens (including phenoxy) is 2. The number of hydrazone groups is 1. The molecule has 0 N–H and O–H groups in total. The van der Waals surface area contributed by atoms with Crippen LogP contribution in [0.15, 0.2) is 29.4 Å². The Balaban J connectivity index is 2.41. The highest BCUT2D eigenvalue weighted by Crippen LogP contribution is 2.37. The Morgan fingerprint density at radius 3 is 2.70 bits per heavy atom. The Hall–Kier alpha value is -2.09. The number of methoxy groups -OCH3 is 1. The van der Waals surface area contributed by atoms with Crippen molar-refractivity contribution in [3.05, 3.63) is 29.8 Å². The highest BCUT2D eigenvalue weighted by atomic mass is 19.4. The van der Waals surface area contributed by atoms with E-state index < -0.39 is 23.4 Å². The Morgan fingerprint density at radius 1 is 1.43 bits per heavy atom. The fourth-order valence-electron chi connectivity index (χ4n) is 2.28. The molecule has 0 bridgehead atoms. The lowest BCUT2D eigenvalue weighted by atomic mass is 10.1. The van der Waals surface area contributed by atoms with Crippen molar-refractivity contribution in [3.8, 4) is 0 Å². The Labute approximate surface area is 131 Å². The Bertz CT molecular complexity index is 631. The first-order valence-corrected chi connectivity index (χ1v) is 6.98. The number of halogens is 3. The fraction of sp³-hybridized carbons (Fsp3) is 0.467. The molecule has 1 heterocycles. The van der Waals surface area contributed by atoms with Crippen molar-refractivity contribution < 1.29 is 27.4 Å². The number of anilines is 1. The van der Waals surface area contributed by atoms with Crippen molar-refractivity contribution in [2.75, 3.05) is 18.7 Å². The quantitative estimate of drug-likeness (QED) is 0.796. The monoisotopic (exact) mass is 330 g/mol. The standard InChI is InChI=1S/C15H17F3N2O3/c1-4-23-13(21)12-9-14(2,22-3)20(19-12)11-7-5-6-10(8-11)15(16,17)18/h5-8H,4,9H2,1-3H3. The minimum absolute atomic E-state index is 0.105. The number of alkyl halides is 3. The summed E-state index contributed by atoms with van der Waals surface area (Å²) in [5.74, 6) is -0.606. The third kappa shape index (κ3) is 3.47. The molecular weight excluding hydrogens is 313 g/mol. The topological polar surface area (TPSA) is 51.1 Å². The first-order valence-electron chi connectivity index (χ1n) is 6.98. The molecule has 1 aliphatic heterocycles. The lowest BCUT2D eigenvalue weighted by Crippen LogP contribution is -2.42. The van der Waals surface area contributed by atoms with Crippen LogP contribution in [0.3, 0.4) is 0 Å². The highest BCUT2D eigenvalue weighted by molar-refractivity contribution is 6.37. The minimum Gasteiger partial charge on any atom is -0.461 e. The third-order valence-electron chi connectivity index (χ3n) is 3.53. The lowest BCUT2D eigenvalue weighted by Gasteiger charge is -2.32. The van der Waals surface area contributed by atoms with Gasteiger partial charge in [-0.2, -0.15) is 18.3 Å². The summed E-state index contributed by atoms with van der Waals surface area (Å²) in [7, 11) is 1.41. The predicted molar refractivity (Wildman–Crippen MR) is 78.0 cm³/mol. The molecule has 126 valence electrons. The fourth-order valence-corrected chi connectivity index (χ4v) is 2.28. The van der Waals surface area contributed by atoms with Crippen LogP contribution in [0.2, 0.25) is 0 Å². The van der Waals surface area contributed by atoms with Crippen LogP contribution in [0.5, 0.6) is 0 Å². The van der Waals surface area contributed by atoms with Crippen molar-refractivity contribution in [1.82, 2.24) is 0 Å². The normalized spacial score (nSPS) is 21.3. The van der Waals surface area contributed by atoms with Gasteiger partial charge >= 0.3 is 12.1 Å². The van der Waals surface area contributed by atoms with Gasteiger partial charge in [0.05, 0.1) is 17.9 Å². The van der Waals surface area contributed by atoms with Crippen molar-refractivity contribution in [3.63, 3.8) is 0 Å². The van der Waals surface area contributed by atoms with E-state index in [9.17, 15) is 18.0 Å². The van der Waals surface area contributed by atoms with Crippen LogP contribution in [0.4, 0.5) is 18.9 Å². The summed E-state index contributed by atoms with van der Waals surface area (Å²) in [6.07, 6.45) is -4.36. The van der Waals surface area contributed by atoms with Gasteiger partial charge in [0, 0.05) is 13.5 Å². The summed E-state index contributed by atoms with van der Waals surface area (Å²) in [4.78, 5) is 11.8. The number of carbonyl (C=O) groups excluding carboxylic acids is 1. The maximum atomic E-state index is 12.9. The van der Waals surface area contributed by atoms with Gasteiger partial charge < -0.3 is 9.47 Å². The van der Waals surface area contributed by atoms with Gasteiger partial charge in [0.2, 0.25) is 0 Å². The summed E-state index contributed by atoms with van der Waals surface area (Å²) in [5.41, 5.74) is -1.57. The number of rotatable bonds is 4. The maximum absolute atomic E-state index is 12.9. The zero-order chi connectivity index (χ0) is 17.3. The average molecular weight is 330 g/mol. The van der Waals surface area contributed by atoms with Gasteiger partial charge in [-0.05, 0) is 32.0 Å². The first-order chi connectivity index (χ1) is 10.7. The minimum atomic E-state index is -4.47. The highest BCUT2D eigenvalue weighted by Gasteiger charge is 2.43. The molecule has 2 rings (SSSR count). The van der Waals surface area contributed by atoms with Crippen LogP contribution < -0.4 is 5.01 Å². The van der Waals surface area contributed by atoms with Gasteiger partial charge in [0.1, 0.15) is 0 Å². The SMILES string of the molecule is CCOC(=O)C1=NN(c2cccc(C(F)(F)F)c2)C(C)(OC)C1. The van der Waals surface area contributed by atoms with Crippen LogP contribution in [-0.4, -0.2) is 31.1 Å². The van der Waals surface area contributed by atoms with Crippen LogP contribution >= 0.6 is 0 Å². The molecule has 0 saturated heterocycles. The number of nitrogens with zero attached hydrogens (tertiary/aromatic N) is 2. The van der Waals surface area contributed by atoms with E-state index in [2.05, 4.69) is 5.10 Å². The molecule has 0 amide bonds. The molecular formula is C15H17F3N2O3. The van der Waals surface area contributed by atoms with Crippen molar-refractivity contribution >= 4 is 17.4 Å². The van der Waals surface area contributed by atoms with E-state index in [1.165, 1.54) is 24.3 Å². The van der Waals surface area contributed by atoms with Crippen LogP contribution in [0.25, 0.3) is 0 Å². The molecule has 0 aliphatic carbocycles. The Morgan fingerprint density at radius 2 is 2.13 bits per heavy atom. The van der Waals surface area contributed by atoms with Crippen LogP contribution in [-0.2, 0) is 20.4 Å². The van der Waals surface area contributed by atoms with Gasteiger partial charge in [-0.3, -0.25) is 0 Å². The van der Waals surface area contributed by atoms with E-state index in [4.69, 9.17) is 9.47 Å². The van der Waals surface area contributed by atoms with Gasteiger partial charge in [0.15, 0.2) is 11.4 Å². The summed E-state index contributed by atoms with van der Waals surface area (Å²) in [6, 6.07) is 4.70. The lowest BCUT2D eigenvalue weighted by molar-refractivity contribution is -0.137. The molecule has 1 aromatic carbocycles. The van der Waals surface area contributed by atoms with E-state index in [0.29, 0.717) is 0 Å². The number of esters is 1. The zero-order valence-electron chi connectivity index (χ0n) is 13.0. The summed E-state index contributed by atoms with van der Waals surface area (Å²) in [6.45, 7) is 3.49. The molecule has 1 unspecified atom stereocenters. The zero-order valence-corrected chi connectivity index (χ0v) is 13.0. The van der Waals surface area contributed by atoms with Crippen LogP contribution in [0, 0.1) is 0 Å². The molecule has 5 nitrogen and oxygen atoms in total. The smallest absolute Gasteiger partial charge is 0.416 e. The van der Waals surface area contributed by atoms with Crippen molar-refractivity contribution in [1.29, 1.82) is 0 Å². The second-order valence-corrected chi connectivity index (χ2v) is 5.18. The van der Waals surface area contributed by atoms with E-state index >= 15 is 0 Å². The van der Waals surface area contributed by atoms with Crippen molar-refractivity contribution in [2.45, 2.75) is 32.2 Å². The summed E-state index contributed by atoms with van der Waals surface area (Å²) >= 11 is 0. The van der Waals surface area contributed by atoms with E-state index in [1.54, 1.807) is 13.8 Å². The first kappa shape index (κ1) is 17.3. The van der Waals surface area contributed by atoms with Gasteiger partial charge in [-0.25, -0.2) is 9.80 Å².